The Balaban J connectivity index is 2.77. The maximum absolute atomic E-state index is 11.9. The molecular weight excluding hydrogens is 192 g/mol. The van der Waals surface area contributed by atoms with E-state index >= 15 is 0 Å². The van der Waals surface area contributed by atoms with Crippen molar-refractivity contribution in [2.75, 3.05) is 0 Å². The number of aryl methyl sites for hydroxylation is 1. The molecule has 0 amide bonds. The summed E-state index contributed by atoms with van der Waals surface area (Å²) in [5, 5.41) is 9.87. The third-order valence-electron chi connectivity index (χ3n) is 2.37. The van der Waals surface area contributed by atoms with Crippen LogP contribution in [0.5, 0.6) is 5.75 Å². The normalized spacial score (nSPS) is 10.7. The molecule has 2 aromatic rings. The minimum atomic E-state index is -0.129. The molecule has 3 nitrogen and oxygen atoms in total. The van der Waals surface area contributed by atoms with E-state index in [1.165, 1.54) is 12.3 Å². The Morgan fingerprint density at radius 3 is 2.93 bits per heavy atom. The first kappa shape index (κ1) is 9.77. The van der Waals surface area contributed by atoms with Crippen molar-refractivity contribution in [1.82, 2.24) is 0 Å². The predicted molar refractivity (Wildman–Crippen MR) is 58.1 cm³/mol. The van der Waals surface area contributed by atoms with Gasteiger partial charge in [0.2, 0.25) is 0 Å². The second-order valence-corrected chi connectivity index (χ2v) is 3.49. The number of aromatic hydroxyl groups is 1. The quantitative estimate of drug-likeness (QED) is 0.817. The highest BCUT2D eigenvalue weighted by molar-refractivity contribution is 5.83. The zero-order chi connectivity index (χ0) is 10.8. The lowest BCUT2D eigenvalue weighted by molar-refractivity contribution is 0.479. The van der Waals surface area contributed by atoms with Gasteiger partial charge in [-0.25, -0.2) is 0 Å². The van der Waals surface area contributed by atoms with Crippen molar-refractivity contribution < 1.29 is 9.52 Å². The van der Waals surface area contributed by atoms with Gasteiger partial charge in [0.25, 0.3) is 0 Å². The van der Waals surface area contributed by atoms with Crippen molar-refractivity contribution in [1.29, 1.82) is 0 Å². The van der Waals surface area contributed by atoms with Crippen LogP contribution in [0.1, 0.15) is 18.9 Å². The minimum Gasteiger partial charge on any atom is -0.507 e. The summed E-state index contributed by atoms with van der Waals surface area (Å²) in [7, 11) is 0. The molecule has 0 spiro atoms. The van der Waals surface area contributed by atoms with E-state index in [1.54, 1.807) is 12.1 Å². The van der Waals surface area contributed by atoms with E-state index in [-0.39, 0.29) is 16.6 Å². The summed E-state index contributed by atoms with van der Waals surface area (Å²) in [6.07, 6.45) is 3.03. The lowest BCUT2D eigenvalue weighted by atomic mass is 10.1. The van der Waals surface area contributed by atoms with Gasteiger partial charge >= 0.3 is 0 Å². The van der Waals surface area contributed by atoms with Gasteiger partial charge in [-0.05, 0) is 18.6 Å². The van der Waals surface area contributed by atoms with Crippen LogP contribution in [0.3, 0.4) is 0 Å². The topological polar surface area (TPSA) is 50.4 Å². The fourth-order valence-corrected chi connectivity index (χ4v) is 1.64. The monoisotopic (exact) mass is 204 g/mol. The Morgan fingerprint density at radius 1 is 1.40 bits per heavy atom. The fourth-order valence-electron chi connectivity index (χ4n) is 1.64. The van der Waals surface area contributed by atoms with Crippen LogP contribution in [0, 0.1) is 0 Å². The zero-order valence-corrected chi connectivity index (χ0v) is 8.49. The van der Waals surface area contributed by atoms with Crippen molar-refractivity contribution in [3.8, 4) is 5.75 Å². The standard InChI is InChI=1S/C12H12O3/c1-2-4-8-7-15-10-6-3-5-9(13)11(10)12(8)14/h3,5-7,13H,2,4H2,1H3. The third-order valence-corrected chi connectivity index (χ3v) is 2.37. The molecule has 15 heavy (non-hydrogen) atoms. The van der Waals surface area contributed by atoms with Crippen LogP contribution in [-0.2, 0) is 6.42 Å². The van der Waals surface area contributed by atoms with Gasteiger partial charge in [-0.1, -0.05) is 19.4 Å². The van der Waals surface area contributed by atoms with E-state index in [9.17, 15) is 9.90 Å². The number of benzene rings is 1. The van der Waals surface area contributed by atoms with Gasteiger partial charge in [-0.2, -0.15) is 0 Å². The van der Waals surface area contributed by atoms with E-state index in [0.717, 1.165) is 6.42 Å². The molecule has 0 atom stereocenters. The van der Waals surface area contributed by atoms with Gasteiger partial charge in [0.15, 0.2) is 5.43 Å². The van der Waals surface area contributed by atoms with Gasteiger partial charge in [-0.3, -0.25) is 4.79 Å². The van der Waals surface area contributed by atoms with Gasteiger partial charge < -0.3 is 9.52 Å². The van der Waals surface area contributed by atoms with Crippen LogP contribution in [0.4, 0.5) is 0 Å². The van der Waals surface area contributed by atoms with Crippen LogP contribution in [0.15, 0.2) is 33.7 Å². The van der Waals surface area contributed by atoms with Crippen LogP contribution in [0.2, 0.25) is 0 Å². The highest BCUT2D eigenvalue weighted by Gasteiger charge is 2.09. The fraction of sp³-hybridized carbons (Fsp3) is 0.250. The van der Waals surface area contributed by atoms with Crippen molar-refractivity contribution >= 4 is 11.0 Å². The third kappa shape index (κ3) is 1.61. The molecule has 3 heteroatoms. The van der Waals surface area contributed by atoms with E-state index in [0.29, 0.717) is 17.6 Å². The maximum atomic E-state index is 11.9. The van der Waals surface area contributed by atoms with E-state index in [1.807, 2.05) is 6.92 Å². The van der Waals surface area contributed by atoms with Crippen molar-refractivity contribution in [3.05, 3.63) is 40.2 Å². The number of hydrogen-bond acceptors (Lipinski definition) is 3. The van der Waals surface area contributed by atoms with Crippen LogP contribution >= 0.6 is 0 Å². The number of phenolic OH excluding ortho intramolecular Hbond substituents is 1. The first-order valence-corrected chi connectivity index (χ1v) is 4.96. The Morgan fingerprint density at radius 2 is 2.20 bits per heavy atom. The molecule has 0 bridgehead atoms. The summed E-state index contributed by atoms with van der Waals surface area (Å²) in [5.41, 5.74) is 0.919. The molecule has 0 unspecified atom stereocenters. The van der Waals surface area contributed by atoms with Gasteiger partial charge in [0.1, 0.15) is 16.7 Å². The smallest absolute Gasteiger partial charge is 0.199 e. The van der Waals surface area contributed by atoms with Gasteiger partial charge in [0, 0.05) is 5.56 Å². The molecule has 1 N–H and O–H groups in total. The van der Waals surface area contributed by atoms with Crippen LogP contribution in [0.25, 0.3) is 11.0 Å². The van der Waals surface area contributed by atoms with E-state index < -0.39 is 0 Å². The molecule has 0 saturated heterocycles. The Bertz CT molecular complexity index is 540. The summed E-state index contributed by atoms with van der Waals surface area (Å²) >= 11 is 0. The van der Waals surface area contributed by atoms with Crippen molar-refractivity contribution in [3.63, 3.8) is 0 Å². The molecule has 0 aliphatic heterocycles. The first-order chi connectivity index (χ1) is 7.24. The Labute approximate surface area is 87.0 Å². The molecule has 0 radical (unpaired) electrons. The molecule has 1 aromatic carbocycles. The minimum absolute atomic E-state index is 0.0146. The molecule has 0 saturated carbocycles. The lowest BCUT2D eigenvalue weighted by Gasteiger charge is -2.01. The predicted octanol–water partition coefficient (Wildman–Crippen LogP) is 2.45. The average molecular weight is 204 g/mol. The number of fused-ring (bicyclic) bond motifs is 1. The van der Waals surface area contributed by atoms with Gasteiger partial charge in [0.05, 0.1) is 6.26 Å². The highest BCUT2D eigenvalue weighted by atomic mass is 16.3. The summed E-state index contributed by atoms with van der Waals surface area (Å²) in [5.74, 6) is -0.0146. The molecule has 0 fully saturated rings. The average Bonchev–Trinajstić information content (AvgIpc) is 2.22. The molecule has 1 aromatic heterocycles. The van der Waals surface area contributed by atoms with E-state index in [2.05, 4.69) is 0 Å². The summed E-state index contributed by atoms with van der Waals surface area (Å²) in [6.45, 7) is 1.99. The zero-order valence-electron chi connectivity index (χ0n) is 8.49. The van der Waals surface area contributed by atoms with Crippen LogP contribution in [-0.4, -0.2) is 5.11 Å². The Kier molecular flexibility index (Phi) is 2.46. The summed E-state index contributed by atoms with van der Waals surface area (Å²) in [4.78, 5) is 11.9. The summed E-state index contributed by atoms with van der Waals surface area (Å²) < 4.78 is 5.30. The molecule has 1 heterocycles. The largest absolute Gasteiger partial charge is 0.507 e. The second kappa shape index (κ2) is 3.77. The number of rotatable bonds is 2. The van der Waals surface area contributed by atoms with Crippen molar-refractivity contribution in [2.24, 2.45) is 0 Å². The molecular formula is C12H12O3. The molecule has 2 rings (SSSR count). The number of phenols is 1. The lowest BCUT2D eigenvalue weighted by Crippen LogP contribution is -2.08. The second-order valence-electron chi connectivity index (χ2n) is 3.49. The van der Waals surface area contributed by atoms with Crippen molar-refractivity contribution in [2.45, 2.75) is 19.8 Å². The number of hydrogen-bond donors (Lipinski definition) is 1. The first-order valence-electron chi connectivity index (χ1n) is 4.96. The molecule has 0 aliphatic rings. The Hall–Kier alpha value is -1.77. The molecule has 0 aliphatic carbocycles. The highest BCUT2D eigenvalue weighted by Crippen LogP contribution is 2.21. The molecule has 78 valence electrons. The summed E-state index contributed by atoms with van der Waals surface area (Å²) in [6, 6.07) is 4.82. The van der Waals surface area contributed by atoms with Gasteiger partial charge in [-0.15, -0.1) is 0 Å². The maximum Gasteiger partial charge on any atom is 0.199 e. The van der Waals surface area contributed by atoms with Crippen LogP contribution < -0.4 is 5.43 Å². The van der Waals surface area contributed by atoms with E-state index in [4.69, 9.17) is 4.42 Å². The SMILES string of the molecule is CCCc1coc2cccc(O)c2c1=O.